The summed E-state index contributed by atoms with van der Waals surface area (Å²) in [6, 6.07) is 7.87. The molecule has 1 fully saturated rings. The van der Waals surface area contributed by atoms with Crippen molar-refractivity contribution >= 4 is 11.7 Å². The number of nitrogens with two attached hydrogens (primary N) is 2. The fourth-order valence-corrected chi connectivity index (χ4v) is 4.53. The molecule has 6 nitrogen and oxygen atoms in total. The molecule has 2 rings (SSSR count). The zero-order chi connectivity index (χ0) is 24.2. The van der Waals surface area contributed by atoms with Crippen LogP contribution in [0.1, 0.15) is 102 Å². The van der Waals surface area contributed by atoms with Crippen LogP contribution in [0.4, 0.5) is 0 Å². The van der Waals surface area contributed by atoms with Crippen LogP contribution in [0.5, 0.6) is 0 Å². The molecule has 180 valence electrons. The third-order valence-corrected chi connectivity index (χ3v) is 6.76. The highest BCUT2D eigenvalue weighted by molar-refractivity contribution is 5.96. The van der Waals surface area contributed by atoms with Crippen LogP contribution in [0.3, 0.4) is 0 Å². The molecule has 32 heavy (non-hydrogen) atoms. The molecule has 1 aromatic carbocycles. The molecule has 6 heteroatoms. The molecule has 0 radical (unpaired) electrons. The third-order valence-electron chi connectivity index (χ3n) is 6.76. The molecule has 1 aliphatic rings. The van der Waals surface area contributed by atoms with Gasteiger partial charge in [-0.25, -0.2) is 0 Å². The lowest BCUT2D eigenvalue weighted by Crippen LogP contribution is -2.57. The molecule has 0 bridgehead atoms. The van der Waals surface area contributed by atoms with Gasteiger partial charge in [0, 0.05) is 11.6 Å². The average Bonchev–Trinajstić information content (AvgIpc) is 2.68. The largest absolute Gasteiger partial charge is 0.386 e. The van der Waals surface area contributed by atoms with E-state index in [1.807, 2.05) is 24.3 Å². The van der Waals surface area contributed by atoms with Crippen molar-refractivity contribution in [3.8, 4) is 0 Å². The molecule has 1 aromatic rings. The summed E-state index contributed by atoms with van der Waals surface area (Å²) in [4.78, 5) is 12.3. The zero-order valence-electron chi connectivity index (χ0n) is 21.0. The van der Waals surface area contributed by atoms with Gasteiger partial charge in [-0.3, -0.25) is 15.5 Å². The molecule has 0 saturated heterocycles. The fraction of sp³-hybridized carbons (Fsp3) is 0.692. The van der Waals surface area contributed by atoms with Gasteiger partial charge < -0.3 is 16.8 Å². The van der Waals surface area contributed by atoms with Gasteiger partial charge in [0.25, 0.3) is 5.91 Å². The van der Waals surface area contributed by atoms with Crippen molar-refractivity contribution < 1.29 is 4.79 Å². The molecule has 0 heterocycles. The number of benzene rings is 1. The number of hydrogen-bond donors (Lipinski definition) is 5. The molecule has 1 atom stereocenters. The van der Waals surface area contributed by atoms with Crippen LogP contribution in [0.2, 0.25) is 0 Å². The topological polar surface area (TPSA) is 117 Å². The second-order valence-electron chi connectivity index (χ2n) is 11.9. The van der Waals surface area contributed by atoms with Gasteiger partial charge in [-0.05, 0) is 73.0 Å². The van der Waals surface area contributed by atoms with Crippen molar-refractivity contribution in [2.75, 3.05) is 6.54 Å². The van der Waals surface area contributed by atoms with E-state index in [0.29, 0.717) is 16.9 Å². The van der Waals surface area contributed by atoms with E-state index in [1.165, 1.54) is 0 Å². The zero-order valence-corrected chi connectivity index (χ0v) is 21.0. The maximum atomic E-state index is 12.3. The predicted molar refractivity (Wildman–Crippen MR) is 134 cm³/mol. The first kappa shape index (κ1) is 26.3. The van der Waals surface area contributed by atoms with Crippen molar-refractivity contribution in [2.24, 2.45) is 28.2 Å². The lowest BCUT2D eigenvalue weighted by Gasteiger charge is -2.44. The number of nitrogens with one attached hydrogen (secondary N) is 3. The van der Waals surface area contributed by atoms with Gasteiger partial charge in [0.1, 0.15) is 5.84 Å². The molecule has 0 aliphatic heterocycles. The van der Waals surface area contributed by atoms with Crippen LogP contribution >= 0.6 is 0 Å². The molecule has 7 N–H and O–H groups in total. The summed E-state index contributed by atoms with van der Waals surface area (Å²) in [5.41, 5.74) is 14.1. The Kier molecular flexibility index (Phi) is 8.51. The van der Waals surface area contributed by atoms with Gasteiger partial charge in [0.15, 0.2) is 0 Å². The van der Waals surface area contributed by atoms with E-state index < -0.39 is 0 Å². The molecule has 0 spiro atoms. The minimum absolute atomic E-state index is 0.0571. The van der Waals surface area contributed by atoms with Crippen LogP contribution in [0.25, 0.3) is 0 Å². The standard InChI is InChI=1S/C26H45N5O/c1-24(2,3)14-13-21(31-26(29)15-11-20(12-16-26)25(4,5)6)18-7-9-19(10-8-18)23(32)30-17-22(27)28/h7-10,20-21,31H,11-17,29H2,1-6H3,(H3,27,28)(H,30,32)/t20?,21-,26?/m1/s1. The first-order valence-corrected chi connectivity index (χ1v) is 12.0. The third kappa shape index (κ3) is 8.21. The molecule has 0 aromatic heterocycles. The Hall–Kier alpha value is -1.92. The Morgan fingerprint density at radius 2 is 1.69 bits per heavy atom. The van der Waals surface area contributed by atoms with Crippen molar-refractivity contribution in [3.05, 3.63) is 35.4 Å². The summed E-state index contributed by atoms with van der Waals surface area (Å²) in [5.74, 6) is 0.430. The van der Waals surface area contributed by atoms with Crippen molar-refractivity contribution in [3.63, 3.8) is 0 Å². The summed E-state index contributed by atoms with van der Waals surface area (Å²) in [5, 5.41) is 13.7. The van der Waals surface area contributed by atoms with Crippen molar-refractivity contribution in [1.82, 2.24) is 10.6 Å². The van der Waals surface area contributed by atoms with Gasteiger partial charge in [0.05, 0.1) is 12.2 Å². The van der Waals surface area contributed by atoms with Crippen molar-refractivity contribution in [1.29, 1.82) is 5.41 Å². The Balaban J connectivity index is 2.13. The predicted octanol–water partition coefficient (Wildman–Crippen LogP) is 4.70. The Bertz CT molecular complexity index is 765. The normalized spacial score (nSPS) is 22.9. The Morgan fingerprint density at radius 1 is 1.12 bits per heavy atom. The number of amidine groups is 1. The number of hydrogen-bond acceptors (Lipinski definition) is 4. The number of amides is 1. The average molecular weight is 444 g/mol. The summed E-state index contributed by atoms with van der Waals surface area (Å²) in [6.07, 6.45) is 6.31. The lowest BCUT2D eigenvalue weighted by molar-refractivity contribution is 0.0958. The highest BCUT2D eigenvalue weighted by Crippen LogP contribution is 2.41. The minimum atomic E-state index is -0.359. The second-order valence-corrected chi connectivity index (χ2v) is 11.9. The highest BCUT2D eigenvalue weighted by atomic mass is 16.1. The fourth-order valence-electron chi connectivity index (χ4n) is 4.53. The number of carbonyl (C=O) groups excluding carboxylic acids is 1. The highest BCUT2D eigenvalue weighted by Gasteiger charge is 2.37. The van der Waals surface area contributed by atoms with Crippen LogP contribution in [0.15, 0.2) is 24.3 Å². The maximum absolute atomic E-state index is 12.3. The monoisotopic (exact) mass is 443 g/mol. The van der Waals surface area contributed by atoms with E-state index >= 15 is 0 Å². The summed E-state index contributed by atoms with van der Waals surface area (Å²) >= 11 is 0. The molecular weight excluding hydrogens is 398 g/mol. The summed E-state index contributed by atoms with van der Waals surface area (Å²) < 4.78 is 0. The van der Waals surface area contributed by atoms with Crippen LogP contribution in [-0.2, 0) is 0 Å². The smallest absolute Gasteiger partial charge is 0.251 e. The van der Waals surface area contributed by atoms with Crippen molar-refractivity contribution in [2.45, 2.75) is 91.8 Å². The first-order valence-electron chi connectivity index (χ1n) is 12.0. The SMILES string of the molecule is CC(C)(C)CC[C@@H](NC1(N)CCC(C(C)(C)C)CC1)c1ccc(C(=O)NCC(=N)N)cc1. The summed E-state index contributed by atoms with van der Waals surface area (Å²) in [6.45, 7) is 13.8. The van der Waals surface area contributed by atoms with E-state index in [1.54, 1.807) is 0 Å². The Labute approximate surface area is 194 Å². The van der Waals surface area contributed by atoms with E-state index in [2.05, 4.69) is 52.2 Å². The second kappa shape index (κ2) is 10.3. The molecule has 1 aliphatic carbocycles. The van der Waals surface area contributed by atoms with E-state index in [0.717, 1.165) is 44.1 Å². The molecule has 0 unspecified atom stereocenters. The van der Waals surface area contributed by atoms with Gasteiger partial charge in [-0.15, -0.1) is 0 Å². The number of rotatable bonds is 8. The maximum Gasteiger partial charge on any atom is 0.251 e. The van der Waals surface area contributed by atoms with Crippen LogP contribution in [-0.4, -0.2) is 24.0 Å². The Morgan fingerprint density at radius 3 is 2.16 bits per heavy atom. The number of carbonyl (C=O) groups is 1. The van der Waals surface area contributed by atoms with Gasteiger partial charge >= 0.3 is 0 Å². The molecule has 1 saturated carbocycles. The van der Waals surface area contributed by atoms with Gasteiger partial charge in [-0.1, -0.05) is 53.7 Å². The van der Waals surface area contributed by atoms with E-state index in [9.17, 15) is 4.79 Å². The van der Waals surface area contributed by atoms with E-state index in [4.69, 9.17) is 16.9 Å². The lowest BCUT2D eigenvalue weighted by atomic mass is 9.69. The van der Waals surface area contributed by atoms with Crippen LogP contribution < -0.4 is 22.1 Å². The molecule has 1 amide bonds. The van der Waals surface area contributed by atoms with Gasteiger partial charge in [0.2, 0.25) is 0 Å². The summed E-state index contributed by atoms with van der Waals surface area (Å²) in [7, 11) is 0. The van der Waals surface area contributed by atoms with Crippen LogP contribution in [0, 0.1) is 22.2 Å². The van der Waals surface area contributed by atoms with Gasteiger partial charge in [-0.2, -0.15) is 0 Å². The first-order chi connectivity index (χ1) is 14.7. The quantitative estimate of drug-likeness (QED) is 0.227. The molecular formula is C26H45N5O. The van der Waals surface area contributed by atoms with E-state index in [-0.39, 0.29) is 35.4 Å². The minimum Gasteiger partial charge on any atom is -0.386 e.